The summed E-state index contributed by atoms with van der Waals surface area (Å²) in [5.74, 6) is 8.85. The van der Waals surface area contributed by atoms with Gasteiger partial charge in [-0.15, -0.1) is 0 Å². The van der Waals surface area contributed by atoms with E-state index in [1.807, 2.05) is 133 Å². The van der Waals surface area contributed by atoms with E-state index in [0.717, 1.165) is 138 Å². The van der Waals surface area contributed by atoms with Gasteiger partial charge in [0, 0.05) is 51.8 Å². The largest absolute Gasteiger partial charge is 0.467 e. The Morgan fingerprint density at radius 2 is 0.991 bits per heavy atom. The Bertz CT molecular complexity index is 4050. The summed E-state index contributed by atoms with van der Waals surface area (Å²) in [7, 11) is 0. The number of fused-ring (bicyclic) bond motifs is 9. The first kappa shape index (κ1) is 85.1. The smallest absolute Gasteiger partial charge is 0.333 e. The quantitative estimate of drug-likeness (QED) is 0.0138. The van der Waals surface area contributed by atoms with Crippen molar-refractivity contribution in [1.29, 1.82) is 0 Å². The van der Waals surface area contributed by atoms with Gasteiger partial charge in [0.05, 0.1) is 12.2 Å². The number of rotatable bonds is 30. The lowest BCUT2D eigenvalue weighted by atomic mass is 9.62. The Kier molecular flexibility index (Phi) is 29.1. The zero-order chi connectivity index (χ0) is 80.0. The lowest BCUT2D eigenvalue weighted by Crippen LogP contribution is -2.49. The van der Waals surface area contributed by atoms with Gasteiger partial charge in [0.1, 0.15) is 39.7 Å². The third-order valence-corrected chi connectivity index (χ3v) is 23.9. The molecular formula is C93H124O18. The molecule has 15 atom stereocenters. The van der Waals surface area contributed by atoms with Gasteiger partial charge in [-0.05, 0) is 234 Å². The molecule has 5 aromatic carbocycles. The van der Waals surface area contributed by atoms with Gasteiger partial charge in [0.2, 0.25) is 25.1 Å². The molecule has 13 rings (SSSR count). The van der Waals surface area contributed by atoms with Gasteiger partial charge in [0.25, 0.3) is 0 Å². The Morgan fingerprint density at radius 1 is 0.495 bits per heavy atom. The highest BCUT2D eigenvalue weighted by atomic mass is 16.7. The van der Waals surface area contributed by atoms with Crippen molar-refractivity contribution in [1.82, 2.24) is 0 Å². The molecule has 5 aromatic rings. The molecular weight excluding hydrogens is 1410 g/mol. The van der Waals surface area contributed by atoms with Crippen molar-refractivity contribution in [2.75, 3.05) is 27.0 Å². The number of ether oxygens (including phenoxy) is 14. The van der Waals surface area contributed by atoms with E-state index in [2.05, 4.69) is 47.1 Å². The van der Waals surface area contributed by atoms with Crippen LogP contribution in [0.4, 0.5) is 0 Å². The molecule has 18 heteroatoms. The van der Waals surface area contributed by atoms with Gasteiger partial charge in [-0.3, -0.25) is 0 Å². The van der Waals surface area contributed by atoms with Crippen LogP contribution in [0.25, 0.3) is 10.8 Å². The standard InChI is InChI=1S/2C27H38O4.C22H28O4.C17H20O6/c1-6-14-27(5,31-26(28)17(2)3)20-10-12-21(13-11-20)29-18(4)30-25-16-19-15-24(25)23-9-7-8-22(19)23;1-5-16-27(4,31-26(28)18(2)3)21-12-14-22(15-13-21)29-24-17-20-10-6-8-19-9-7-11-23(30-24)25(19)20;1-6-14-22(5,26-21(23)16(3)4)19-12-13-20(25-15-24-7-2)18-11-9-8-10-17(18)19;1-5-6-17(4,23-16(18)10(2)3)11-7-12-14(21-8-19-12)15-13(11)20-9-22-15/h10-13,18-19,22-25H,2,6-9,14-16H2,1,3-5H3;12-15,19-20,23-25H,2,5-11,16-17H2,1,3-4H3;8-13H,3,6-7,14-15H2,1-2,4-5H3;7H,2,5-6,8-9H2,1,3-4H3. The van der Waals surface area contributed by atoms with Crippen LogP contribution in [-0.4, -0.2) is 75.7 Å². The highest BCUT2D eigenvalue weighted by molar-refractivity contribution is 5.93. The predicted molar refractivity (Wildman–Crippen MR) is 429 cm³/mol. The van der Waals surface area contributed by atoms with Crippen molar-refractivity contribution in [3.8, 4) is 40.2 Å². The summed E-state index contributed by atoms with van der Waals surface area (Å²) < 4.78 is 81.5. The Labute approximate surface area is 659 Å². The first-order chi connectivity index (χ1) is 53.1. The number of esters is 4. The molecule has 15 unspecified atom stereocenters. The molecule has 0 radical (unpaired) electrons. The van der Waals surface area contributed by atoms with Gasteiger partial charge in [-0.25, -0.2) is 19.2 Å². The van der Waals surface area contributed by atoms with Gasteiger partial charge in [-0.2, -0.15) is 0 Å². The van der Waals surface area contributed by atoms with Crippen LogP contribution in [0.1, 0.15) is 248 Å². The summed E-state index contributed by atoms with van der Waals surface area (Å²) in [5, 5.41) is 1.98. The van der Waals surface area contributed by atoms with Crippen LogP contribution in [0, 0.1) is 41.4 Å². The summed E-state index contributed by atoms with van der Waals surface area (Å²) in [6.45, 7) is 42.4. The van der Waals surface area contributed by atoms with Crippen molar-refractivity contribution in [2.45, 2.75) is 273 Å². The fourth-order valence-corrected chi connectivity index (χ4v) is 18.6. The fourth-order valence-electron chi connectivity index (χ4n) is 18.6. The van der Waals surface area contributed by atoms with E-state index in [-0.39, 0.29) is 50.9 Å². The summed E-state index contributed by atoms with van der Waals surface area (Å²) in [6.07, 6.45) is 22.4. The van der Waals surface area contributed by atoms with E-state index in [0.29, 0.717) is 76.1 Å². The maximum atomic E-state index is 12.2. The van der Waals surface area contributed by atoms with Crippen molar-refractivity contribution in [2.24, 2.45) is 41.4 Å². The lowest BCUT2D eigenvalue weighted by molar-refractivity contribution is -0.214. The average molecular weight is 1530 g/mol. The number of benzene rings is 5. The van der Waals surface area contributed by atoms with E-state index in [9.17, 15) is 19.2 Å². The monoisotopic (exact) mass is 1530 g/mol. The van der Waals surface area contributed by atoms with Gasteiger partial charge in [0.15, 0.2) is 30.9 Å². The number of carbonyl (C=O) groups is 4. The SMILES string of the molecule is C=C(C)C(=O)OC(C)(CCC)c1cc2c(c3c1OCO3)OCO2.C=C(C)C(=O)OC(C)(CCC)c1ccc(OC(C)OC2CC3CC2C2CCCC32)cc1.C=C(C)C(=O)OC(C)(CCC)c1ccc(OC2CC3CCCC4CCCC(O2)C43)cc1.C=C(C)C(=O)OC(C)(CCC)c1ccc(OCOCC)c2ccccc12. The minimum Gasteiger partial charge on any atom is -0.467 e. The minimum absolute atomic E-state index is 0.0960. The van der Waals surface area contributed by atoms with E-state index in [4.69, 9.17) is 66.3 Å². The molecule has 604 valence electrons. The lowest BCUT2D eigenvalue weighted by Gasteiger charge is -2.50. The minimum atomic E-state index is -0.871. The molecule has 111 heavy (non-hydrogen) atoms. The number of carbonyl (C=O) groups excluding carboxylic acids is 4. The normalized spacial score (nSPS) is 24.3. The molecule has 0 N–H and O–H groups in total. The zero-order valence-corrected chi connectivity index (χ0v) is 68.7. The summed E-state index contributed by atoms with van der Waals surface area (Å²) in [4.78, 5) is 48.6. The maximum Gasteiger partial charge on any atom is 0.333 e. The first-order valence-corrected chi connectivity index (χ1v) is 40.9. The molecule has 18 nitrogen and oxygen atoms in total. The van der Waals surface area contributed by atoms with Gasteiger partial charge >= 0.3 is 23.9 Å². The van der Waals surface area contributed by atoms with Gasteiger partial charge in [-0.1, -0.05) is 160 Å². The highest BCUT2D eigenvalue weighted by Crippen LogP contribution is 2.60. The van der Waals surface area contributed by atoms with E-state index >= 15 is 0 Å². The Balaban J connectivity index is 0.000000158. The molecule has 3 aliphatic heterocycles. The number of hydrogen-bond acceptors (Lipinski definition) is 18. The molecule has 5 aliphatic carbocycles. The van der Waals surface area contributed by atoms with Gasteiger partial charge < -0.3 is 66.3 Å². The van der Waals surface area contributed by atoms with Crippen molar-refractivity contribution < 1.29 is 85.5 Å². The molecule has 5 saturated carbocycles. The van der Waals surface area contributed by atoms with Crippen LogP contribution in [0.3, 0.4) is 0 Å². The van der Waals surface area contributed by atoms with Crippen LogP contribution >= 0.6 is 0 Å². The third kappa shape index (κ3) is 20.4. The second-order valence-corrected chi connectivity index (χ2v) is 32.7. The molecule has 0 aromatic heterocycles. The van der Waals surface area contributed by atoms with E-state index in [1.54, 1.807) is 33.8 Å². The molecule has 3 heterocycles. The predicted octanol–water partition coefficient (Wildman–Crippen LogP) is 21.5. The van der Waals surface area contributed by atoms with Crippen LogP contribution in [0.2, 0.25) is 0 Å². The Morgan fingerprint density at radius 3 is 1.57 bits per heavy atom. The summed E-state index contributed by atoms with van der Waals surface area (Å²) in [6, 6.07) is 29.6. The van der Waals surface area contributed by atoms with Crippen LogP contribution in [-0.2, 0) is 74.7 Å². The second-order valence-electron chi connectivity index (χ2n) is 32.7. The van der Waals surface area contributed by atoms with Crippen LogP contribution in [0.15, 0.2) is 140 Å². The van der Waals surface area contributed by atoms with Crippen molar-refractivity contribution in [3.63, 3.8) is 0 Å². The molecule has 2 bridgehead atoms. The molecule has 1 saturated heterocycles. The first-order valence-electron chi connectivity index (χ1n) is 40.9. The topological polar surface area (TPSA) is 197 Å². The Hall–Kier alpha value is -8.32. The molecule has 8 aliphatic rings. The zero-order valence-electron chi connectivity index (χ0n) is 68.7. The van der Waals surface area contributed by atoms with Crippen LogP contribution in [0.5, 0.6) is 40.2 Å². The third-order valence-electron chi connectivity index (χ3n) is 23.9. The maximum absolute atomic E-state index is 12.2. The van der Waals surface area contributed by atoms with Crippen molar-refractivity contribution in [3.05, 3.63) is 162 Å². The molecule has 0 spiro atoms. The van der Waals surface area contributed by atoms with Crippen LogP contribution < -0.4 is 33.2 Å². The second kappa shape index (κ2) is 38.0. The van der Waals surface area contributed by atoms with Crippen molar-refractivity contribution >= 4 is 34.6 Å². The highest BCUT2D eigenvalue weighted by Gasteiger charge is 2.55. The average Bonchev–Trinajstić information content (AvgIpc) is 1.67. The fraction of sp³-hybridized carbons (Fsp3) is 0.570. The summed E-state index contributed by atoms with van der Waals surface area (Å²) >= 11 is 0. The van der Waals surface area contributed by atoms with E-state index < -0.39 is 28.4 Å². The molecule has 6 fully saturated rings. The summed E-state index contributed by atoms with van der Waals surface area (Å²) in [5.41, 5.74) is 2.25. The molecule has 0 amide bonds. The number of hydrogen-bond donors (Lipinski definition) is 0. The van der Waals surface area contributed by atoms with E-state index in [1.165, 1.54) is 70.6 Å².